The number of Topliss-reactive ketones (excluding diaryl/α,β-unsaturated/α-hetero) is 1. The fourth-order valence-corrected chi connectivity index (χ4v) is 7.74. The topological polar surface area (TPSA) is 64.7 Å². The van der Waals surface area contributed by atoms with Gasteiger partial charge in [0.15, 0.2) is 0 Å². The van der Waals surface area contributed by atoms with Crippen LogP contribution in [0.15, 0.2) is 15.7 Å². The first-order valence-electron chi connectivity index (χ1n) is 12.0. The summed E-state index contributed by atoms with van der Waals surface area (Å²) >= 11 is 0. The molecule has 1 aromatic rings. The van der Waals surface area contributed by atoms with Crippen molar-refractivity contribution in [2.75, 3.05) is 6.61 Å². The Kier molecular flexibility index (Phi) is 5.06. The van der Waals surface area contributed by atoms with Gasteiger partial charge in [-0.2, -0.15) is 0 Å². The highest BCUT2D eigenvalue weighted by molar-refractivity contribution is 5.87. The molecule has 4 aliphatic carbocycles. The molecule has 4 unspecified atom stereocenters. The Morgan fingerprint density at radius 2 is 2.03 bits per heavy atom. The Morgan fingerprint density at radius 3 is 2.83 bits per heavy atom. The normalized spacial score (nSPS) is 42.0. The van der Waals surface area contributed by atoms with Crippen molar-refractivity contribution in [3.05, 3.63) is 17.5 Å². The zero-order valence-corrected chi connectivity index (χ0v) is 18.8. The van der Waals surface area contributed by atoms with Crippen LogP contribution in [0, 0.1) is 41.4 Å². The Bertz CT molecular complexity index is 845. The Hall–Kier alpha value is -1.65. The summed E-state index contributed by atoms with van der Waals surface area (Å²) in [5.74, 6) is 4.29. The first-order chi connectivity index (χ1) is 14.4. The summed E-state index contributed by atoms with van der Waals surface area (Å²) in [6, 6.07) is 1.95. The van der Waals surface area contributed by atoms with Gasteiger partial charge in [-0.05, 0) is 87.4 Å². The van der Waals surface area contributed by atoms with Crippen LogP contribution in [0.4, 0.5) is 0 Å². The zero-order valence-electron chi connectivity index (χ0n) is 18.8. The van der Waals surface area contributed by atoms with Gasteiger partial charge in [0, 0.05) is 24.3 Å². The molecule has 4 aliphatic rings. The van der Waals surface area contributed by atoms with Crippen molar-refractivity contribution in [2.45, 2.75) is 85.0 Å². The first-order valence-corrected chi connectivity index (χ1v) is 12.0. The molecule has 164 valence electrons. The zero-order chi connectivity index (χ0) is 20.9. The van der Waals surface area contributed by atoms with Gasteiger partial charge in [0.1, 0.15) is 18.2 Å². The average Bonchev–Trinajstić information content (AvgIpc) is 3.28. The number of aryl methyl sites for hydroxylation is 1. The predicted molar refractivity (Wildman–Crippen MR) is 115 cm³/mol. The van der Waals surface area contributed by atoms with Crippen molar-refractivity contribution in [1.29, 1.82) is 0 Å². The largest absolute Gasteiger partial charge is 0.395 e. The molecule has 6 atom stereocenters. The maximum absolute atomic E-state index is 12.6. The molecule has 1 heterocycles. The Labute approximate surface area is 180 Å². The van der Waals surface area contributed by atoms with E-state index >= 15 is 0 Å². The van der Waals surface area contributed by atoms with Crippen molar-refractivity contribution < 1.29 is 14.2 Å². The summed E-state index contributed by atoms with van der Waals surface area (Å²) in [5, 5.41) is 8.53. The van der Waals surface area contributed by atoms with Gasteiger partial charge < -0.3 is 9.36 Å². The second kappa shape index (κ2) is 7.49. The lowest BCUT2D eigenvalue weighted by Gasteiger charge is -2.59. The van der Waals surface area contributed by atoms with Crippen molar-refractivity contribution >= 4 is 11.5 Å². The highest BCUT2D eigenvalue weighted by Gasteiger charge is 2.60. The minimum Gasteiger partial charge on any atom is -0.395 e. The number of hydrogen-bond donors (Lipinski definition) is 0. The number of nitrogens with zero attached hydrogens (tertiary/aromatic N) is 2. The number of ketones is 1. The van der Waals surface area contributed by atoms with Gasteiger partial charge in [-0.3, -0.25) is 4.79 Å². The summed E-state index contributed by atoms with van der Waals surface area (Å²) in [6.45, 7) is 7.29. The molecule has 30 heavy (non-hydrogen) atoms. The second-order valence-corrected chi connectivity index (χ2v) is 10.9. The van der Waals surface area contributed by atoms with Crippen LogP contribution in [0.25, 0.3) is 0 Å². The number of aromatic nitrogens is 1. The van der Waals surface area contributed by atoms with E-state index in [1.165, 1.54) is 31.4 Å². The van der Waals surface area contributed by atoms with Gasteiger partial charge in [0.05, 0.1) is 11.4 Å². The highest BCUT2D eigenvalue weighted by atomic mass is 16.6. The summed E-state index contributed by atoms with van der Waals surface area (Å²) in [7, 11) is 0. The van der Waals surface area contributed by atoms with Crippen LogP contribution in [0.3, 0.4) is 0 Å². The van der Waals surface area contributed by atoms with Crippen LogP contribution in [-0.2, 0) is 16.1 Å². The van der Waals surface area contributed by atoms with Crippen molar-refractivity contribution in [2.24, 2.45) is 39.7 Å². The third-order valence-electron chi connectivity index (χ3n) is 9.53. The SMILES string of the molecule is Cc1cc(CCON=C2CC[C@@]3(C)C(CCC4C3CC[C@]3(C)C(=O)CCC43)C2)no1. The quantitative estimate of drug-likeness (QED) is 0.483. The van der Waals surface area contributed by atoms with Crippen LogP contribution in [0.2, 0.25) is 0 Å². The molecule has 5 rings (SSSR count). The molecular weight excluding hydrogens is 376 g/mol. The van der Waals surface area contributed by atoms with Gasteiger partial charge in [-0.25, -0.2) is 0 Å². The van der Waals surface area contributed by atoms with Crippen LogP contribution >= 0.6 is 0 Å². The summed E-state index contributed by atoms with van der Waals surface area (Å²) < 4.78 is 5.10. The summed E-state index contributed by atoms with van der Waals surface area (Å²) in [6.07, 6.45) is 11.0. The van der Waals surface area contributed by atoms with Crippen LogP contribution in [-0.4, -0.2) is 23.3 Å². The first kappa shape index (κ1) is 20.3. The summed E-state index contributed by atoms with van der Waals surface area (Å²) in [4.78, 5) is 18.2. The molecule has 0 N–H and O–H groups in total. The van der Waals surface area contributed by atoms with Gasteiger partial charge in [0.2, 0.25) is 0 Å². The lowest BCUT2D eigenvalue weighted by molar-refractivity contribution is -0.137. The number of oxime groups is 1. The Balaban J connectivity index is 1.21. The molecule has 0 amide bonds. The number of rotatable bonds is 4. The maximum atomic E-state index is 12.6. The van der Waals surface area contributed by atoms with E-state index in [1.54, 1.807) is 0 Å². The average molecular weight is 413 g/mol. The van der Waals surface area contributed by atoms with Crippen LogP contribution in [0.5, 0.6) is 0 Å². The molecule has 5 heteroatoms. The maximum Gasteiger partial charge on any atom is 0.139 e. The molecule has 0 bridgehead atoms. The molecule has 0 aromatic carbocycles. The van der Waals surface area contributed by atoms with E-state index in [2.05, 4.69) is 24.2 Å². The van der Waals surface area contributed by atoms with Crippen molar-refractivity contribution in [3.63, 3.8) is 0 Å². The highest BCUT2D eigenvalue weighted by Crippen LogP contribution is 2.65. The smallest absolute Gasteiger partial charge is 0.139 e. The number of carbonyl (C=O) groups is 1. The van der Waals surface area contributed by atoms with Gasteiger partial charge in [0.25, 0.3) is 0 Å². The van der Waals surface area contributed by atoms with Crippen LogP contribution in [0.1, 0.15) is 83.1 Å². The van der Waals surface area contributed by atoms with E-state index in [1.807, 2.05) is 13.0 Å². The molecule has 1 aromatic heterocycles. The lowest BCUT2D eigenvalue weighted by Crippen LogP contribution is -2.53. The number of fused-ring (bicyclic) bond motifs is 5. The Morgan fingerprint density at radius 1 is 1.17 bits per heavy atom. The molecule has 4 saturated carbocycles. The third-order valence-corrected chi connectivity index (χ3v) is 9.53. The molecule has 0 radical (unpaired) electrons. The molecule has 4 fully saturated rings. The molecule has 0 aliphatic heterocycles. The molecular formula is C25H36N2O3. The van der Waals surface area contributed by atoms with E-state index in [4.69, 9.17) is 9.36 Å². The van der Waals surface area contributed by atoms with E-state index < -0.39 is 0 Å². The van der Waals surface area contributed by atoms with Crippen LogP contribution < -0.4 is 0 Å². The van der Waals surface area contributed by atoms with Crippen molar-refractivity contribution in [1.82, 2.24) is 5.16 Å². The third kappa shape index (κ3) is 3.23. The minimum atomic E-state index is -0.0120. The molecule has 0 saturated heterocycles. The monoisotopic (exact) mass is 412 g/mol. The minimum absolute atomic E-state index is 0.0120. The molecule has 5 nitrogen and oxygen atoms in total. The van der Waals surface area contributed by atoms with Gasteiger partial charge in [-0.15, -0.1) is 0 Å². The van der Waals surface area contributed by atoms with Crippen molar-refractivity contribution in [3.8, 4) is 0 Å². The second-order valence-electron chi connectivity index (χ2n) is 10.9. The van der Waals surface area contributed by atoms with E-state index in [0.717, 1.165) is 67.7 Å². The van der Waals surface area contributed by atoms with E-state index in [-0.39, 0.29) is 5.41 Å². The summed E-state index contributed by atoms with van der Waals surface area (Å²) in [5.41, 5.74) is 2.57. The lowest BCUT2D eigenvalue weighted by atomic mass is 9.45. The number of hydrogen-bond acceptors (Lipinski definition) is 5. The van der Waals surface area contributed by atoms with E-state index in [0.29, 0.717) is 23.7 Å². The fourth-order valence-electron chi connectivity index (χ4n) is 7.74. The van der Waals surface area contributed by atoms with Gasteiger partial charge in [-0.1, -0.05) is 24.2 Å². The fraction of sp³-hybridized carbons (Fsp3) is 0.800. The predicted octanol–water partition coefficient (Wildman–Crippen LogP) is 5.51. The standard InChI is InChI=1S/C25H36N2O3/c1-16-14-19(27-30-16)10-13-29-26-18-8-11-24(2)17(15-18)4-5-20-21-6-7-23(28)25(21,3)12-9-22(20)24/h14,17,20-22H,4-13,15H2,1-3H3/t17?,20?,21?,22?,24-,25-/m0/s1. The number of carbonyl (C=O) groups excluding carboxylic acids is 1. The van der Waals surface area contributed by atoms with Gasteiger partial charge >= 0.3 is 0 Å². The van der Waals surface area contributed by atoms with E-state index in [9.17, 15) is 4.79 Å². The molecule has 0 spiro atoms.